The summed E-state index contributed by atoms with van der Waals surface area (Å²) in [6, 6.07) is 26.5. The maximum atomic E-state index is 13.6. The van der Waals surface area contributed by atoms with Gasteiger partial charge in [0, 0.05) is 31.8 Å². The fourth-order valence-electron chi connectivity index (χ4n) is 9.11. The number of amides is 2. The minimum absolute atomic E-state index is 0.222. The van der Waals surface area contributed by atoms with E-state index >= 15 is 0 Å². The zero-order valence-electron chi connectivity index (χ0n) is 31.1. The molecule has 280 valence electrons. The van der Waals surface area contributed by atoms with Crippen LogP contribution >= 0.6 is 0 Å². The fraction of sp³-hybridized carbons (Fsp3) is 0.395. The van der Waals surface area contributed by atoms with Gasteiger partial charge < -0.3 is 35.0 Å². The number of likely N-dealkylation sites (tertiary alicyclic amines) is 1. The number of methoxy groups -OCH3 is 2. The Morgan fingerprint density at radius 3 is 2.07 bits per heavy atom. The molecule has 11 nitrogen and oxygen atoms in total. The van der Waals surface area contributed by atoms with Crippen LogP contribution < -0.4 is 10.6 Å². The van der Waals surface area contributed by atoms with Crippen LogP contribution in [0, 0.1) is 17.8 Å². The van der Waals surface area contributed by atoms with Gasteiger partial charge in [-0.3, -0.25) is 4.79 Å². The highest BCUT2D eigenvalue weighted by Crippen LogP contribution is 2.56. The second kappa shape index (κ2) is 15.5. The van der Waals surface area contributed by atoms with Crippen molar-refractivity contribution >= 4 is 17.7 Å². The lowest BCUT2D eigenvalue weighted by molar-refractivity contribution is -0.137. The summed E-state index contributed by atoms with van der Waals surface area (Å²) in [7, 11) is 2.79. The highest BCUT2D eigenvalue weighted by atomic mass is 16.5. The Bertz CT molecular complexity index is 2040. The predicted octanol–water partition coefficient (Wildman–Crippen LogP) is 7.80. The molecule has 2 bridgehead atoms. The van der Waals surface area contributed by atoms with E-state index in [0.717, 1.165) is 70.6 Å². The van der Waals surface area contributed by atoms with Gasteiger partial charge in [-0.2, -0.15) is 0 Å². The van der Waals surface area contributed by atoms with E-state index in [-0.39, 0.29) is 11.9 Å². The average molecular weight is 728 g/mol. The number of hydrogen-bond acceptors (Lipinski definition) is 7. The summed E-state index contributed by atoms with van der Waals surface area (Å²) in [5.41, 5.74) is 7.52. The Kier molecular flexibility index (Phi) is 10.2. The molecule has 0 radical (unpaired) electrons. The van der Waals surface area contributed by atoms with Crippen LogP contribution in [0.3, 0.4) is 0 Å². The number of aromatic nitrogens is 4. The van der Waals surface area contributed by atoms with E-state index in [9.17, 15) is 9.59 Å². The number of aromatic amines is 2. The third-order valence-electron chi connectivity index (χ3n) is 12.1. The van der Waals surface area contributed by atoms with Gasteiger partial charge in [-0.1, -0.05) is 66.7 Å². The second-order valence-electron chi connectivity index (χ2n) is 15.0. The first kappa shape index (κ1) is 35.6. The number of ether oxygens (including phenoxy) is 2. The zero-order chi connectivity index (χ0) is 37.2. The highest BCUT2D eigenvalue weighted by Gasteiger charge is 2.49. The Labute approximate surface area is 316 Å². The molecule has 0 spiro atoms. The molecule has 8 rings (SSSR count). The Morgan fingerprint density at radius 1 is 0.815 bits per heavy atom. The Balaban J connectivity index is 0.920. The number of imidazole rings is 2. The van der Waals surface area contributed by atoms with Crippen molar-refractivity contribution < 1.29 is 19.1 Å². The van der Waals surface area contributed by atoms with E-state index in [1.54, 1.807) is 11.8 Å². The molecule has 3 aromatic carbocycles. The van der Waals surface area contributed by atoms with E-state index in [2.05, 4.69) is 104 Å². The number of benzene rings is 3. The van der Waals surface area contributed by atoms with Crippen LogP contribution in [0.2, 0.25) is 0 Å². The zero-order valence-corrected chi connectivity index (χ0v) is 31.1. The van der Waals surface area contributed by atoms with Crippen LogP contribution in [0.15, 0.2) is 91.3 Å². The molecule has 3 fully saturated rings. The van der Waals surface area contributed by atoms with Gasteiger partial charge in [0.2, 0.25) is 5.91 Å². The van der Waals surface area contributed by atoms with Crippen molar-refractivity contribution in [2.45, 2.75) is 63.1 Å². The quantitative estimate of drug-likeness (QED) is 0.103. The van der Waals surface area contributed by atoms with Crippen LogP contribution in [-0.2, 0) is 14.3 Å². The summed E-state index contributed by atoms with van der Waals surface area (Å²) < 4.78 is 10.2. The van der Waals surface area contributed by atoms with Crippen LogP contribution in [-0.4, -0.2) is 76.3 Å². The number of carbonyl (C=O) groups is 2. The largest absolute Gasteiger partial charge is 0.453 e. The van der Waals surface area contributed by atoms with Crippen molar-refractivity contribution in [1.82, 2.24) is 30.2 Å². The molecule has 2 amide bonds. The molecule has 5 aromatic rings. The molecule has 4 unspecified atom stereocenters. The van der Waals surface area contributed by atoms with Crippen molar-refractivity contribution in [2.75, 3.05) is 32.6 Å². The number of para-hydroxylation sites is 1. The third-order valence-corrected chi connectivity index (χ3v) is 12.1. The molecule has 2 aromatic heterocycles. The summed E-state index contributed by atoms with van der Waals surface area (Å²) in [4.78, 5) is 44.2. The van der Waals surface area contributed by atoms with E-state index in [1.807, 2.05) is 12.4 Å². The average Bonchev–Trinajstić information content (AvgIpc) is 4.08. The molecule has 11 heteroatoms. The van der Waals surface area contributed by atoms with Gasteiger partial charge in [0.15, 0.2) is 0 Å². The maximum Gasteiger partial charge on any atom is 0.407 e. The minimum atomic E-state index is -0.871. The first-order valence-electron chi connectivity index (χ1n) is 19.2. The molecule has 1 aliphatic heterocycles. The summed E-state index contributed by atoms with van der Waals surface area (Å²) in [5, 5.41) is 6.34. The number of carbonyl (C=O) groups excluding carboxylic acids is 2. The second-order valence-corrected chi connectivity index (χ2v) is 15.0. The topological polar surface area (TPSA) is 137 Å². The van der Waals surface area contributed by atoms with Crippen LogP contribution in [0.5, 0.6) is 0 Å². The number of hydrogen-bond donors (Lipinski definition) is 4. The molecule has 2 saturated carbocycles. The van der Waals surface area contributed by atoms with E-state index < -0.39 is 18.2 Å². The molecule has 54 heavy (non-hydrogen) atoms. The molecule has 3 heterocycles. The van der Waals surface area contributed by atoms with Gasteiger partial charge in [0.25, 0.3) is 0 Å². The summed E-state index contributed by atoms with van der Waals surface area (Å²) >= 11 is 0. The Morgan fingerprint density at radius 2 is 1.43 bits per heavy atom. The number of H-pyrrole nitrogens is 2. The molecule has 1 saturated heterocycles. The van der Waals surface area contributed by atoms with Crippen LogP contribution in [0.1, 0.15) is 62.6 Å². The SMILES string of the molecule is COC(=O)N[C@H](C(=O)N1CCC[C@H]1c1ncc(-c2ccc(-c3ccc(-c4cnc(C5C6CCC(C6)C5CNc5ccccc5)[nH]4)cc3)cc2)[nH]1)[C@@H](C)OC. The van der Waals surface area contributed by atoms with Crippen molar-refractivity contribution in [3.63, 3.8) is 0 Å². The molecular weight excluding hydrogens is 679 g/mol. The molecule has 3 aliphatic rings. The van der Waals surface area contributed by atoms with Gasteiger partial charge in [-0.25, -0.2) is 14.8 Å². The van der Waals surface area contributed by atoms with Crippen molar-refractivity contribution in [3.05, 3.63) is 103 Å². The van der Waals surface area contributed by atoms with Gasteiger partial charge in [-0.05, 0) is 91.2 Å². The smallest absolute Gasteiger partial charge is 0.407 e. The number of nitrogens with zero attached hydrogens (tertiary/aromatic N) is 3. The fourth-order valence-corrected chi connectivity index (χ4v) is 9.11. The molecular formula is C43H49N7O4. The summed E-state index contributed by atoms with van der Waals surface area (Å²) in [6.07, 6.45) is 8.17. The number of alkyl carbamates (subject to hydrolysis) is 1. The third kappa shape index (κ3) is 7.12. The lowest BCUT2D eigenvalue weighted by Gasteiger charge is -2.30. The van der Waals surface area contributed by atoms with Crippen molar-refractivity contribution in [2.24, 2.45) is 17.8 Å². The number of rotatable bonds is 12. The van der Waals surface area contributed by atoms with Crippen LogP contribution in [0.25, 0.3) is 33.6 Å². The monoisotopic (exact) mass is 727 g/mol. The Hall–Kier alpha value is -5.42. The van der Waals surface area contributed by atoms with Gasteiger partial charge in [-0.15, -0.1) is 0 Å². The summed E-state index contributed by atoms with van der Waals surface area (Å²) in [5.74, 6) is 4.15. The highest BCUT2D eigenvalue weighted by molar-refractivity contribution is 5.87. The number of nitrogens with one attached hydrogen (secondary N) is 4. The van der Waals surface area contributed by atoms with E-state index in [4.69, 9.17) is 14.5 Å². The normalized spacial score (nSPS) is 22.9. The lowest BCUT2D eigenvalue weighted by atomic mass is 9.78. The van der Waals surface area contributed by atoms with Gasteiger partial charge in [0.05, 0.1) is 43.0 Å². The number of fused-ring (bicyclic) bond motifs is 2. The summed E-state index contributed by atoms with van der Waals surface area (Å²) in [6.45, 7) is 3.30. The predicted molar refractivity (Wildman–Crippen MR) is 209 cm³/mol. The van der Waals surface area contributed by atoms with E-state index in [1.165, 1.54) is 39.2 Å². The molecule has 4 N–H and O–H groups in total. The van der Waals surface area contributed by atoms with Gasteiger partial charge in [0.1, 0.15) is 17.7 Å². The molecule has 2 aliphatic carbocycles. The molecule has 7 atom stereocenters. The standard InChI is InChI=1S/C43H49N7O4/c1-26(53-2)39(49-43(52)54-3)42(51)50-21-7-10-37(50)40-45-24-35(47-40)29-15-11-27(12-16-29)28-13-17-30(18-14-28)36-25-46-41(48-36)38-32-20-19-31(22-32)34(38)23-44-33-8-5-4-6-9-33/h4-6,8-9,11-18,24-26,31-32,34,37-39,44H,7,10,19-23H2,1-3H3,(H,45,47)(H,46,48)(H,49,52)/t26-,31?,32?,34?,37+,38?,39+/m1/s1. The van der Waals surface area contributed by atoms with Crippen molar-refractivity contribution in [1.29, 1.82) is 0 Å². The van der Waals surface area contributed by atoms with E-state index in [0.29, 0.717) is 24.3 Å². The number of anilines is 1. The minimum Gasteiger partial charge on any atom is -0.453 e. The van der Waals surface area contributed by atoms with Crippen LogP contribution in [0.4, 0.5) is 10.5 Å². The lowest BCUT2D eigenvalue weighted by Crippen LogP contribution is -2.54. The first-order valence-corrected chi connectivity index (χ1v) is 19.2. The maximum absolute atomic E-state index is 13.6. The first-order chi connectivity index (χ1) is 26.4. The van der Waals surface area contributed by atoms with Gasteiger partial charge >= 0.3 is 6.09 Å². The van der Waals surface area contributed by atoms with Crippen molar-refractivity contribution in [3.8, 4) is 33.6 Å².